The first kappa shape index (κ1) is 26.4. The van der Waals surface area contributed by atoms with E-state index in [2.05, 4.69) is 49.5 Å². The summed E-state index contributed by atoms with van der Waals surface area (Å²) in [6.07, 6.45) is 3.75. The van der Waals surface area contributed by atoms with E-state index in [-0.39, 0.29) is 18.6 Å². The Bertz CT molecular complexity index is 1450. The van der Waals surface area contributed by atoms with Crippen LogP contribution in [-0.2, 0) is 13.7 Å². The molecule has 204 valence electrons. The van der Waals surface area contributed by atoms with Crippen LogP contribution in [0, 0.1) is 13.8 Å². The fourth-order valence-corrected chi connectivity index (χ4v) is 4.71. The number of hydrogen-bond acceptors (Lipinski definition) is 8. The number of nitrogens with one attached hydrogen (secondary N) is 1. The predicted molar refractivity (Wildman–Crippen MR) is 149 cm³/mol. The van der Waals surface area contributed by atoms with Gasteiger partial charge >= 0.3 is 0 Å². The zero-order chi connectivity index (χ0) is 27.5. The van der Waals surface area contributed by atoms with E-state index in [1.54, 1.807) is 11.6 Å². The summed E-state index contributed by atoms with van der Waals surface area (Å²) in [5.74, 6) is 1.50. The number of aryl methyl sites for hydroxylation is 3. The molecule has 0 spiro atoms. The van der Waals surface area contributed by atoms with Crippen LogP contribution in [0.25, 0.3) is 11.1 Å². The van der Waals surface area contributed by atoms with Gasteiger partial charge in [-0.15, -0.1) is 0 Å². The molecule has 0 unspecified atom stereocenters. The summed E-state index contributed by atoms with van der Waals surface area (Å²) in [6, 6.07) is 11.8. The standard InChI is InChI=1S/C29H35N7O3/c1-19-6-7-25(36-10-8-34(4)9-11-36)15-27(19)29(37)31-20(2)22-12-23(24-16-30-35(5)17-24)14-26(13-22)38-18-28-32-21(3)39-33-28/h6-7,12-17,20H,8-11,18H2,1-5H3,(H,31,37)/t20-/m1/s1. The highest BCUT2D eigenvalue weighted by Crippen LogP contribution is 2.30. The molecule has 0 radical (unpaired) electrons. The number of carbonyl (C=O) groups excluding carboxylic acids is 1. The fourth-order valence-electron chi connectivity index (χ4n) is 4.71. The number of likely N-dealkylation sites (N-methyl/N-ethyl adjacent to an activating group) is 1. The van der Waals surface area contributed by atoms with Crippen molar-refractivity contribution in [1.29, 1.82) is 0 Å². The average molecular weight is 530 g/mol. The zero-order valence-corrected chi connectivity index (χ0v) is 23.1. The van der Waals surface area contributed by atoms with Gasteiger partial charge < -0.3 is 24.4 Å². The molecule has 3 heterocycles. The third-order valence-corrected chi connectivity index (χ3v) is 7.09. The van der Waals surface area contributed by atoms with Gasteiger partial charge in [-0.1, -0.05) is 11.2 Å². The van der Waals surface area contributed by atoms with Crippen molar-refractivity contribution in [2.75, 3.05) is 38.1 Å². The van der Waals surface area contributed by atoms with Crippen molar-refractivity contribution in [3.8, 4) is 16.9 Å². The summed E-state index contributed by atoms with van der Waals surface area (Å²) in [5.41, 5.74) is 5.52. The van der Waals surface area contributed by atoms with Gasteiger partial charge in [0.1, 0.15) is 5.75 Å². The third kappa shape index (κ3) is 6.28. The second-order valence-electron chi connectivity index (χ2n) is 10.2. The molecule has 10 nitrogen and oxygen atoms in total. The molecule has 0 saturated carbocycles. The molecule has 4 aromatic rings. The van der Waals surface area contributed by atoms with E-state index in [9.17, 15) is 4.79 Å². The van der Waals surface area contributed by atoms with Crippen molar-refractivity contribution in [1.82, 2.24) is 30.1 Å². The predicted octanol–water partition coefficient (Wildman–Crippen LogP) is 3.91. The maximum absolute atomic E-state index is 13.5. The number of amides is 1. The van der Waals surface area contributed by atoms with Gasteiger partial charge in [-0.25, -0.2) is 0 Å². The molecular weight excluding hydrogens is 494 g/mol. The van der Waals surface area contributed by atoms with Crippen molar-refractivity contribution in [3.63, 3.8) is 0 Å². The van der Waals surface area contributed by atoms with Gasteiger partial charge in [-0.05, 0) is 67.9 Å². The number of piperazine rings is 1. The van der Waals surface area contributed by atoms with Crippen molar-refractivity contribution in [2.24, 2.45) is 7.05 Å². The second kappa shape index (κ2) is 11.3. The van der Waals surface area contributed by atoms with Crippen molar-refractivity contribution >= 4 is 11.6 Å². The van der Waals surface area contributed by atoms with Gasteiger partial charge in [-0.3, -0.25) is 9.48 Å². The molecule has 1 atom stereocenters. The van der Waals surface area contributed by atoms with Gasteiger partial charge in [0.2, 0.25) is 11.7 Å². The first-order valence-corrected chi connectivity index (χ1v) is 13.2. The van der Waals surface area contributed by atoms with Crippen LogP contribution in [0.2, 0.25) is 0 Å². The van der Waals surface area contributed by atoms with Crippen LogP contribution in [0.5, 0.6) is 5.75 Å². The van der Waals surface area contributed by atoms with Crippen molar-refractivity contribution in [2.45, 2.75) is 33.4 Å². The molecule has 10 heteroatoms. The van der Waals surface area contributed by atoms with Gasteiger partial charge in [0.25, 0.3) is 5.91 Å². The van der Waals surface area contributed by atoms with Crippen LogP contribution in [0.1, 0.15) is 46.2 Å². The Hall–Kier alpha value is -4.18. The topological polar surface area (TPSA) is 102 Å². The van der Waals surface area contributed by atoms with Crippen LogP contribution < -0.4 is 15.0 Å². The van der Waals surface area contributed by atoms with E-state index < -0.39 is 0 Å². The van der Waals surface area contributed by atoms with Crippen molar-refractivity contribution in [3.05, 3.63) is 77.2 Å². The molecule has 1 fully saturated rings. The van der Waals surface area contributed by atoms with Crippen LogP contribution >= 0.6 is 0 Å². The molecule has 2 aromatic carbocycles. The lowest BCUT2D eigenvalue weighted by Gasteiger charge is -2.34. The molecule has 1 aliphatic rings. The number of hydrogen-bond donors (Lipinski definition) is 1. The normalized spacial score (nSPS) is 14.8. The van der Waals surface area contributed by atoms with Crippen LogP contribution in [0.4, 0.5) is 5.69 Å². The Balaban J connectivity index is 1.37. The quantitative estimate of drug-likeness (QED) is 0.367. The first-order valence-electron chi connectivity index (χ1n) is 13.2. The molecule has 1 saturated heterocycles. The summed E-state index contributed by atoms with van der Waals surface area (Å²) >= 11 is 0. The van der Waals surface area contributed by atoms with E-state index in [1.807, 2.05) is 57.6 Å². The molecule has 0 aliphatic carbocycles. The maximum atomic E-state index is 13.5. The average Bonchev–Trinajstić information content (AvgIpc) is 3.55. The number of benzene rings is 2. The molecule has 1 amide bonds. The first-order chi connectivity index (χ1) is 18.7. The van der Waals surface area contributed by atoms with E-state index in [4.69, 9.17) is 9.26 Å². The Morgan fingerprint density at radius 3 is 2.56 bits per heavy atom. The molecule has 0 bridgehead atoms. The lowest BCUT2D eigenvalue weighted by molar-refractivity contribution is 0.0939. The summed E-state index contributed by atoms with van der Waals surface area (Å²) in [7, 11) is 4.02. The minimum Gasteiger partial charge on any atom is -0.485 e. The Morgan fingerprint density at radius 2 is 1.87 bits per heavy atom. The molecule has 1 aliphatic heterocycles. The smallest absolute Gasteiger partial charge is 0.252 e. The van der Waals surface area contributed by atoms with Crippen LogP contribution in [-0.4, -0.2) is 64.0 Å². The van der Waals surface area contributed by atoms with E-state index in [1.165, 1.54) is 0 Å². The zero-order valence-electron chi connectivity index (χ0n) is 23.1. The van der Waals surface area contributed by atoms with Crippen LogP contribution in [0.15, 0.2) is 53.3 Å². The third-order valence-electron chi connectivity index (χ3n) is 7.09. The fraction of sp³-hybridized carbons (Fsp3) is 0.379. The number of carbonyl (C=O) groups is 1. The number of nitrogens with zero attached hydrogens (tertiary/aromatic N) is 6. The van der Waals surface area contributed by atoms with Crippen LogP contribution in [0.3, 0.4) is 0 Å². The summed E-state index contributed by atoms with van der Waals surface area (Å²) < 4.78 is 12.8. The molecule has 2 aromatic heterocycles. The minimum absolute atomic E-state index is 0.104. The van der Waals surface area contributed by atoms with Crippen molar-refractivity contribution < 1.29 is 14.1 Å². The second-order valence-corrected chi connectivity index (χ2v) is 10.2. The summed E-state index contributed by atoms with van der Waals surface area (Å²) in [6.45, 7) is 9.78. The Kier molecular flexibility index (Phi) is 7.65. The summed E-state index contributed by atoms with van der Waals surface area (Å²) in [5, 5.41) is 11.4. The van der Waals surface area contributed by atoms with Gasteiger partial charge in [0.15, 0.2) is 6.61 Å². The molecule has 5 rings (SSSR count). The number of aromatic nitrogens is 4. The van der Waals surface area contributed by atoms with E-state index >= 15 is 0 Å². The maximum Gasteiger partial charge on any atom is 0.252 e. The van der Waals surface area contributed by atoms with Gasteiger partial charge in [-0.2, -0.15) is 10.1 Å². The minimum atomic E-state index is -0.268. The number of anilines is 1. The highest BCUT2D eigenvalue weighted by Gasteiger charge is 2.19. The number of ether oxygens (including phenoxy) is 1. The molecular formula is C29H35N7O3. The highest BCUT2D eigenvalue weighted by molar-refractivity contribution is 5.97. The van der Waals surface area contributed by atoms with Gasteiger partial charge in [0.05, 0.1) is 12.2 Å². The molecule has 39 heavy (non-hydrogen) atoms. The van der Waals surface area contributed by atoms with E-state index in [0.717, 1.165) is 54.1 Å². The number of rotatable bonds is 8. The Labute approximate surface area is 228 Å². The SMILES string of the molecule is Cc1nc(COc2cc(-c3cnn(C)c3)cc([C@@H](C)NC(=O)c3cc(N4CCN(C)CC4)ccc3C)c2)no1. The Morgan fingerprint density at radius 1 is 1.08 bits per heavy atom. The lowest BCUT2D eigenvalue weighted by atomic mass is 10.0. The van der Waals surface area contributed by atoms with Gasteiger partial charge in [0, 0.05) is 63.2 Å². The molecule has 1 N–H and O–H groups in total. The summed E-state index contributed by atoms with van der Waals surface area (Å²) in [4.78, 5) is 22.4. The largest absolute Gasteiger partial charge is 0.485 e. The highest BCUT2D eigenvalue weighted by atomic mass is 16.5. The lowest BCUT2D eigenvalue weighted by Crippen LogP contribution is -2.44. The monoisotopic (exact) mass is 529 g/mol. The van der Waals surface area contributed by atoms with E-state index in [0.29, 0.717) is 23.0 Å².